The second kappa shape index (κ2) is 7.36. The molecule has 0 bridgehead atoms. The van der Waals surface area contributed by atoms with E-state index in [1.54, 1.807) is 6.07 Å². The van der Waals surface area contributed by atoms with Gasteiger partial charge in [0.25, 0.3) is 5.91 Å². The summed E-state index contributed by atoms with van der Waals surface area (Å²) in [6.07, 6.45) is 0.908. The molecule has 0 spiro atoms. The number of benzene rings is 1. The molecule has 0 atom stereocenters. The van der Waals surface area contributed by atoms with E-state index in [0.717, 1.165) is 13.0 Å². The normalized spacial score (nSPS) is 10.8. The number of nitrogens with zero attached hydrogens (tertiary/aromatic N) is 2. The molecule has 0 fully saturated rings. The molecule has 1 amide bonds. The smallest absolute Gasteiger partial charge is 0.253 e. The molecule has 0 unspecified atom stereocenters. The minimum atomic E-state index is -0.0504. The number of carbonyl (C=O) groups is 1. The number of amides is 1. The lowest BCUT2D eigenvalue weighted by molar-refractivity contribution is 0.0745. The zero-order chi connectivity index (χ0) is 14.4. The Morgan fingerprint density at radius 1 is 1.26 bits per heavy atom. The maximum absolute atomic E-state index is 12.4. The highest BCUT2D eigenvalue weighted by molar-refractivity contribution is 6.32. The molecule has 0 aliphatic heterocycles. The summed E-state index contributed by atoms with van der Waals surface area (Å²) >= 11 is 5.84. The summed E-state index contributed by atoms with van der Waals surface area (Å²) in [7, 11) is 3.96. The highest BCUT2D eigenvalue weighted by atomic mass is 35.5. The zero-order valence-electron chi connectivity index (χ0n) is 11.7. The molecule has 19 heavy (non-hydrogen) atoms. The number of halogens is 1. The Bertz CT molecular complexity index is 435. The fourth-order valence-corrected chi connectivity index (χ4v) is 1.91. The van der Waals surface area contributed by atoms with Crippen LogP contribution in [0.1, 0.15) is 23.7 Å². The van der Waals surface area contributed by atoms with Crippen LogP contribution < -0.4 is 0 Å². The molecule has 1 rings (SSSR count). The Morgan fingerprint density at radius 2 is 1.95 bits per heavy atom. The molecule has 0 saturated heterocycles. The van der Waals surface area contributed by atoms with E-state index >= 15 is 0 Å². The van der Waals surface area contributed by atoms with Gasteiger partial charge in [0.05, 0.1) is 5.02 Å². The van der Waals surface area contributed by atoms with Gasteiger partial charge in [0, 0.05) is 25.2 Å². The van der Waals surface area contributed by atoms with Gasteiger partial charge >= 0.3 is 0 Å². The van der Waals surface area contributed by atoms with Crippen molar-refractivity contribution in [1.29, 1.82) is 0 Å². The highest BCUT2D eigenvalue weighted by Gasteiger charge is 2.16. The third-order valence-electron chi connectivity index (χ3n) is 2.79. The molecule has 4 nitrogen and oxygen atoms in total. The molecule has 0 aromatic heterocycles. The summed E-state index contributed by atoms with van der Waals surface area (Å²) < 4.78 is 0. The molecule has 106 valence electrons. The van der Waals surface area contributed by atoms with E-state index in [0.29, 0.717) is 18.7 Å². The van der Waals surface area contributed by atoms with Crippen LogP contribution in [-0.2, 0) is 0 Å². The minimum absolute atomic E-state index is 0.00597. The Kier molecular flexibility index (Phi) is 6.12. The van der Waals surface area contributed by atoms with Crippen molar-refractivity contribution in [3.8, 4) is 5.75 Å². The predicted molar refractivity (Wildman–Crippen MR) is 77.9 cm³/mol. The predicted octanol–water partition coefficient (Wildman–Crippen LogP) is 2.46. The van der Waals surface area contributed by atoms with Crippen LogP contribution in [-0.4, -0.2) is 54.5 Å². The SMILES string of the molecule is CCCN(CCN(C)C)C(=O)c1ccc(O)c(Cl)c1. The quantitative estimate of drug-likeness (QED) is 0.873. The van der Waals surface area contributed by atoms with Gasteiger partial charge in [-0.25, -0.2) is 0 Å². The Morgan fingerprint density at radius 3 is 2.47 bits per heavy atom. The average molecular weight is 285 g/mol. The lowest BCUT2D eigenvalue weighted by Crippen LogP contribution is -2.37. The van der Waals surface area contributed by atoms with Crippen molar-refractivity contribution in [2.24, 2.45) is 0 Å². The van der Waals surface area contributed by atoms with E-state index in [-0.39, 0.29) is 16.7 Å². The molecule has 0 aliphatic rings. The average Bonchev–Trinajstić information content (AvgIpc) is 2.36. The molecular weight excluding hydrogens is 264 g/mol. The summed E-state index contributed by atoms with van der Waals surface area (Å²) in [6, 6.07) is 4.56. The van der Waals surface area contributed by atoms with Crippen molar-refractivity contribution < 1.29 is 9.90 Å². The van der Waals surface area contributed by atoms with Gasteiger partial charge in [-0.3, -0.25) is 4.79 Å². The molecule has 0 radical (unpaired) electrons. The molecule has 5 heteroatoms. The number of hydrogen-bond acceptors (Lipinski definition) is 3. The first-order valence-electron chi connectivity index (χ1n) is 6.38. The van der Waals surface area contributed by atoms with Crippen LogP contribution in [0.3, 0.4) is 0 Å². The van der Waals surface area contributed by atoms with Crippen LogP contribution in [0.15, 0.2) is 18.2 Å². The maximum Gasteiger partial charge on any atom is 0.253 e. The van der Waals surface area contributed by atoms with Crippen molar-refractivity contribution in [1.82, 2.24) is 9.80 Å². The van der Waals surface area contributed by atoms with Crippen molar-refractivity contribution in [2.45, 2.75) is 13.3 Å². The fourth-order valence-electron chi connectivity index (χ4n) is 1.73. The fraction of sp³-hybridized carbons (Fsp3) is 0.500. The van der Waals surface area contributed by atoms with Gasteiger partial charge in [-0.05, 0) is 38.7 Å². The van der Waals surface area contributed by atoms with Crippen LogP contribution in [0.25, 0.3) is 0 Å². The molecule has 1 aromatic rings. The van der Waals surface area contributed by atoms with Crippen LogP contribution in [0.2, 0.25) is 5.02 Å². The lowest BCUT2D eigenvalue weighted by Gasteiger charge is -2.24. The second-order valence-electron chi connectivity index (χ2n) is 4.76. The molecule has 0 saturated carbocycles. The number of hydrogen-bond donors (Lipinski definition) is 1. The van der Waals surface area contributed by atoms with Crippen molar-refractivity contribution in [3.63, 3.8) is 0 Å². The van der Waals surface area contributed by atoms with E-state index < -0.39 is 0 Å². The van der Waals surface area contributed by atoms with Crippen LogP contribution in [0.5, 0.6) is 5.75 Å². The Balaban J connectivity index is 2.82. The van der Waals surface area contributed by atoms with Gasteiger partial charge < -0.3 is 14.9 Å². The van der Waals surface area contributed by atoms with E-state index in [1.165, 1.54) is 12.1 Å². The van der Waals surface area contributed by atoms with E-state index in [4.69, 9.17) is 11.6 Å². The summed E-state index contributed by atoms with van der Waals surface area (Å²) in [5.41, 5.74) is 0.509. The summed E-state index contributed by atoms with van der Waals surface area (Å²) in [6.45, 7) is 4.25. The van der Waals surface area contributed by atoms with Gasteiger partial charge in [0.2, 0.25) is 0 Å². The van der Waals surface area contributed by atoms with E-state index in [1.807, 2.05) is 30.8 Å². The third kappa shape index (κ3) is 4.73. The number of aromatic hydroxyl groups is 1. The zero-order valence-corrected chi connectivity index (χ0v) is 12.4. The van der Waals surface area contributed by atoms with Gasteiger partial charge in [-0.2, -0.15) is 0 Å². The standard InChI is InChI=1S/C14H21ClN2O2/c1-4-7-17(9-8-16(2)3)14(19)11-5-6-13(18)12(15)10-11/h5-6,10,18H,4,7-9H2,1-3H3. The van der Waals surface area contributed by atoms with Crippen molar-refractivity contribution in [2.75, 3.05) is 33.7 Å². The van der Waals surface area contributed by atoms with Gasteiger partial charge in [0.1, 0.15) is 5.75 Å². The summed E-state index contributed by atoms with van der Waals surface area (Å²) in [4.78, 5) is 16.2. The second-order valence-corrected chi connectivity index (χ2v) is 5.17. The van der Waals surface area contributed by atoms with Crippen LogP contribution in [0.4, 0.5) is 0 Å². The van der Waals surface area contributed by atoms with Gasteiger partial charge in [-0.15, -0.1) is 0 Å². The third-order valence-corrected chi connectivity index (χ3v) is 3.10. The summed E-state index contributed by atoms with van der Waals surface area (Å²) in [5.74, 6) is -0.0563. The van der Waals surface area contributed by atoms with E-state index in [2.05, 4.69) is 0 Å². The molecule has 1 aromatic carbocycles. The highest BCUT2D eigenvalue weighted by Crippen LogP contribution is 2.24. The van der Waals surface area contributed by atoms with Crippen LogP contribution in [0, 0.1) is 0 Å². The largest absolute Gasteiger partial charge is 0.506 e. The lowest BCUT2D eigenvalue weighted by atomic mass is 10.2. The van der Waals surface area contributed by atoms with E-state index in [9.17, 15) is 9.90 Å². The first-order chi connectivity index (χ1) is 8.95. The first-order valence-corrected chi connectivity index (χ1v) is 6.76. The minimum Gasteiger partial charge on any atom is -0.506 e. The Hall–Kier alpha value is -1.26. The number of phenolic OH excluding ortho intramolecular Hbond substituents is 1. The topological polar surface area (TPSA) is 43.8 Å². The molecule has 0 heterocycles. The summed E-state index contributed by atoms with van der Waals surface area (Å²) in [5, 5.41) is 9.58. The van der Waals surface area contributed by atoms with Gasteiger partial charge in [0.15, 0.2) is 0 Å². The molecule has 1 N–H and O–H groups in total. The number of carbonyl (C=O) groups excluding carboxylic acids is 1. The Labute approximate surface area is 119 Å². The monoisotopic (exact) mass is 284 g/mol. The number of phenols is 1. The van der Waals surface area contributed by atoms with Crippen molar-refractivity contribution >= 4 is 17.5 Å². The molecular formula is C14H21ClN2O2. The number of likely N-dealkylation sites (N-methyl/N-ethyl adjacent to an activating group) is 1. The first kappa shape index (κ1) is 15.8. The van der Waals surface area contributed by atoms with Gasteiger partial charge in [-0.1, -0.05) is 18.5 Å². The maximum atomic E-state index is 12.4. The number of rotatable bonds is 6. The van der Waals surface area contributed by atoms with Crippen molar-refractivity contribution in [3.05, 3.63) is 28.8 Å². The van der Waals surface area contributed by atoms with Crippen LogP contribution >= 0.6 is 11.6 Å². The molecule has 0 aliphatic carbocycles.